The highest BCUT2D eigenvalue weighted by Crippen LogP contribution is 2.23. The molecular weight excluding hydrogens is 317 g/mol. The molecule has 0 aliphatic heterocycles. The summed E-state index contributed by atoms with van der Waals surface area (Å²) < 4.78 is 36.6. The molecule has 0 radical (unpaired) electrons. The number of nitrogens with one attached hydrogen (secondary N) is 1. The Kier molecular flexibility index (Phi) is 5.29. The summed E-state index contributed by atoms with van der Waals surface area (Å²) in [5, 5.41) is 2.69. The number of hydrogen-bond acceptors (Lipinski definition) is 2. The number of anilines is 1. The first-order valence-corrected chi connectivity index (χ1v) is 7.50. The van der Waals surface area contributed by atoms with E-state index in [1.165, 1.54) is 0 Å². The molecule has 2 aromatic rings. The SMILES string of the molecule is CC(N)(C(=O)Nc1ccc(CCC(F)(F)F)cc1)c1ccccc1. The third kappa shape index (κ3) is 4.83. The van der Waals surface area contributed by atoms with E-state index in [1.807, 2.05) is 6.07 Å². The lowest BCUT2D eigenvalue weighted by molar-refractivity contribution is -0.134. The molecule has 0 fully saturated rings. The Labute approximate surface area is 138 Å². The molecule has 0 aliphatic rings. The van der Waals surface area contributed by atoms with Crippen molar-refractivity contribution in [3.63, 3.8) is 0 Å². The molecule has 0 heterocycles. The van der Waals surface area contributed by atoms with Gasteiger partial charge >= 0.3 is 6.18 Å². The summed E-state index contributed by atoms with van der Waals surface area (Å²) in [5.74, 6) is -0.392. The maximum Gasteiger partial charge on any atom is 0.389 e. The van der Waals surface area contributed by atoms with Crippen LogP contribution in [0.3, 0.4) is 0 Å². The van der Waals surface area contributed by atoms with Gasteiger partial charge in [-0.2, -0.15) is 13.2 Å². The predicted molar refractivity (Wildman–Crippen MR) is 87.4 cm³/mol. The Morgan fingerprint density at radius 1 is 1.04 bits per heavy atom. The molecular formula is C18H19F3N2O. The van der Waals surface area contributed by atoms with Crippen LogP contribution >= 0.6 is 0 Å². The minimum absolute atomic E-state index is 0.0870. The molecule has 0 spiro atoms. The summed E-state index contributed by atoms with van der Waals surface area (Å²) in [4.78, 5) is 12.4. The Hall–Kier alpha value is -2.34. The van der Waals surface area contributed by atoms with Crippen molar-refractivity contribution in [3.05, 3.63) is 65.7 Å². The van der Waals surface area contributed by atoms with Crippen molar-refractivity contribution in [1.29, 1.82) is 0 Å². The average molecular weight is 336 g/mol. The van der Waals surface area contributed by atoms with Crippen molar-refractivity contribution in [2.75, 3.05) is 5.32 Å². The zero-order chi connectivity index (χ0) is 17.8. The van der Waals surface area contributed by atoms with E-state index in [2.05, 4.69) is 5.32 Å². The van der Waals surface area contributed by atoms with E-state index in [4.69, 9.17) is 5.73 Å². The minimum Gasteiger partial charge on any atom is -0.324 e. The molecule has 0 aromatic heterocycles. The number of benzene rings is 2. The minimum atomic E-state index is -4.18. The van der Waals surface area contributed by atoms with Crippen LogP contribution < -0.4 is 11.1 Å². The van der Waals surface area contributed by atoms with E-state index in [9.17, 15) is 18.0 Å². The summed E-state index contributed by atoms with van der Waals surface area (Å²) in [6.07, 6.45) is -5.13. The highest BCUT2D eigenvalue weighted by atomic mass is 19.4. The molecule has 3 N–H and O–H groups in total. The van der Waals surface area contributed by atoms with Gasteiger partial charge in [-0.05, 0) is 36.6 Å². The van der Waals surface area contributed by atoms with E-state index in [-0.39, 0.29) is 6.42 Å². The maximum atomic E-state index is 12.4. The fourth-order valence-corrected chi connectivity index (χ4v) is 2.22. The van der Waals surface area contributed by atoms with Crippen LogP contribution in [0, 0.1) is 0 Å². The van der Waals surface area contributed by atoms with E-state index >= 15 is 0 Å². The second-order valence-electron chi connectivity index (χ2n) is 5.83. The van der Waals surface area contributed by atoms with Gasteiger partial charge in [-0.1, -0.05) is 42.5 Å². The van der Waals surface area contributed by atoms with Gasteiger partial charge in [0.2, 0.25) is 5.91 Å². The summed E-state index contributed by atoms with van der Waals surface area (Å²) in [6.45, 7) is 1.61. The maximum absolute atomic E-state index is 12.4. The fraction of sp³-hybridized carbons (Fsp3) is 0.278. The van der Waals surface area contributed by atoms with Gasteiger partial charge in [0, 0.05) is 12.1 Å². The van der Waals surface area contributed by atoms with Crippen molar-refractivity contribution in [2.24, 2.45) is 5.73 Å². The molecule has 0 saturated heterocycles. The molecule has 1 amide bonds. The van der Waals surface area contributed by atoms with Gasteiger partial charge in [0.05, 0.1) is 0 Å². The molecule has 24 heavy (non-hydrogen) atoms. The second-order valence-corrected chi connectivity index (χ2v) is 5.83. The van der Waals surface area contributed by atoms with E-state index in [0.717, 1.165) is 0 Å². The quantitative estimate of drug-likeness (QED) is 0.867. The van der Waals surface area contributed by atoms with Crippen molar-refractivity contribution < 1.29 is 18.0 Å². The standard InChI is InChI=1S/C18H19F3N2O/c1-17(22,14-5-3-2-4-6-14)16(24)23-15-9-7-13(8-10-15)11-12-18(19,20)21/h2-10H,11-12,22H2,1H3,(H,23,24). The molecule has 0 bridgehead atoms. The van der Waals surface area contributed by atoms with Gasteiger partial charge in [-0.3, -0.25) is 4.79 Å². The molecule has 1 unspecified atom stereocenters. The van der Waals surface area contributed by atoms with Crippen molar-refractivity contribution in [3.8, 4) is 0 Å². The Balaban J connectivity index is 2.02. The number of carbonyl (C=O) groups excluding carboxylic acids is 1. The molecule has 0 aliphatic carbocycles. The largest absolute Gasteiger partial charge is 0.389 e. The van der Waals surface area contributed by atoms with Crippen LogP contribution in [0.25, 0.3) is 0 Å². The monoisotopic (exact) mass is 336 g/mol. The summed E-state index contributed by atoms with van der Waals surface area (Å²) in [6, 6.07) is 15.2. The lowest BCUT2D eigenvalue weighted by Crippen LogP contribution is -2.45. The van der Waals surface area contributed by atoms with Crippen molar-refractivity contribution >= 4 is 11.6 Å². The first-order valence-electron chi connectivity index (χ1n) is 7.50. The predicted octanol–water partition coefficient (Wildman–Crippen LogP) is 3.99. The number of aryl methyl sites for hydroxylation is 1. The third-order valence-corrected chi connectivity index (χ3v) is 3.75. The van der Waals surface area contributed by atoms with E-state index < -0.39 is 24.0 Å². The number of carbonyl (C=O) groups is 1. The summed E-state index contributed by atoms with van der Waals surface area (Å²) in [5.41, 5.74) is 6.62. The van der Waals surface area contributed by atoms with Crippen molar-refractivity contribution in [1.82, 2.24) is 0 Å². The van der Waals surface area contributed by atoms with Crippen LogP contribution in [0.15, 0.2) is 54.6 Å². The molecule has 2 aromatic carbocycles. The Morgan fingerprint density at radius 2 is 1.62 bits per heavy atom. The molecule has 2 rings (SSSR count). The average Bonchev–Trinajstić information content (AvgIpc) is 2.54. The summed E-state index contributed by atoms with van der Waals surface area (Å²) in [7, 11) is 0. The first kappa shape index (κ1) is 18.0. The number of nitrogens with two attached hydrogens (primary N) is 1. The smallest absolute Gasteiger partial charge is 0.324 e. The van der Waals surface area contributed by atoms with Crippen LogP contribution in [0.1, 0.15) is 24.5 Å². The normalized spacial score (nSPS) is 14.0. The third-order valence-electron chi connectivity index (χ3n) is 3.75. The zero-order valence-corrected chi connectivity index (χ0v) is 13.2. The molecule has 128 valence electrons. The van der Waals surface area contributed by atoms with Crippen molar-refractivity contribution in [2.45, 2.75) is 31.5 Å². The van der Waals surface area contributed by atoms with Gasteiger partial charge in [0.15, 0.2) is 0 Å². The first-order chi connectivity index (χ1) is 11.2. The summed E-state index contributed by atoms with van der Waals surface area (Å²) >= 11 is 0. The van der Waals surface area contributed by atoms with Crippen LogP contribution in [0.5, 0.6) is 0 Å². The van der Waals surface area contributed by atoms with Crippen LogP contribution in [0.4, 0.5) is 18.9 Å². The van der Waals surface area contributed by atoms with Gasteiger partial charge in [0.1, 0.15) is 5.54 Å². The number of hydrogen-bond donors (Lipinski definition) is 2. The lowest BCUT2D eigenvalue weighted by atomic mass is 9.92. The van der Waals surface area contributed by atoms with Gasteiger partial charge in [0.25, 0.3) is 0 Å². The number of alkyl halides is 3. The molecule has 1 atom stereocenters. The molecule has 6 heteroatoms. The van der Waals surface area contributed by atoms with Gasteiger partial charge in [-0.15, -0.1) is 0 Å². The number of rotatable bonds is 5. The Bertz CT molecular complexity index is 680. The topological polar surface area (TPSA) is 55.1 Å². The lowest BCUT2D eigenvalue weighted by Gasteiger charge is -2.24. The second kappa shape index (κ2) is 7.05. The zero-order valence-electron chi connectivity index (χ0n) is 13.2. The molecule has 3 nitrogen and oxygen atoms in total. The van der Waals surface area contributed by atoms with Crippen LogP contribution in [-0.2, 0) is 16.8 Å². The highest BCUT2D eigenvalue weighted by molar-refractivity contribution is 5.98. The number of amides is 1. The van der Waals surface area contributed by atoms with Crippen LogP contribution in [-0.4, -0.2) is 12.1 Å². The Morgan fingerprint density at radius 3 is 2.17 bits per heavy atom. The fourth-order valence-electron chi connectivity index (χ4n) is 2.22. The molecule has 0 saturated carbocycles. The highest BCUT2D eigenvalue weighted by Gasteiger charge is 2.30. The number of halogens is 3. The van der Waals surface area contributed by atoms with E-state index in [1.54, 1.807) is 55.5 Å². The van der Waals surface area contributed by atoms with E-state index in [0.29, 0.717) is 16.8 Å². The van der Waals surface area contributed by atoms with Gasteiger partial charge in [-0.25, -0.2) is 0 Å². The van der Waals surface area contributed by atoms with Gasteiger partial charge < -0.3 is 11.1 Å². The van der Waals surface area contributed by atoms with Crippen LogP contribution in [0.2, 0.25) is 0 Å².